The zero-order valence-electron chi connectivity index (χ0n) is 19.6. The Hall–Kier alpha value is -2.18. The third kappa shape index (κ3) is 8.59. The predicted molar refractivity (Wildman–Crippen MR) is 138 cm³/mol. The molecule has 33 heavy (non-hydrogen) atoms. The molecule has 1 fully saturated rings. The van der Waals surface area contributed by atoms with Gasteiger partial charge in [-0.15, -0.1) is 24.0 Å². The Bertz CT molecular complexity index is 816. The number of nitrogens with zero attached hydrogens (tertiary/aromatic N) is 2. The zero-order chi connectivity index (χ0) is 22.6. The second-order valence-electron chi connectivity index (χ2n) is 7.34. The summed E-state index contributed by atoms with van der Waals surface area (Å²) >= 11 is 0. The minimum atomic E-state index is 0. The number of halogens is 1. The number of hydrogen-bond donors (Lipinski definition) is 2. The second-order valence-corrected chi connectivity index (χ2v) is 7.34. The van der Waals surface area contributed by atoms with E-state index in [4.69, 9.17) is 28.4 Å². The van der Waals surface area contributed by atoms with E-state index < -0.39 is 0 Å². The molecule has 1 aliphatic heterocycles. The number of guanidine groups is 1. The maximum absolute atomic E-state index is 5.45. The zero-order valence-corrected chi connectivity index (χ0v) is 21.9. The molecular weight excluding hydrogens is 539 g/mol. The molecule has 1 aromatic carbocycles. The third-order valence-corrected chi connectivity index (χ3v) is 5.21. The number of nitrogens with one attached hydrogen (secondary N) is 2. The smallest absolute Gasteiger partial charge is 0.203 e. The van der Waals surface area contributed by atoms with Crippen molar-refractivity contribution in [3.8, 4) is 17.2 Å². The lowest BCUT2D eigenvalue weighted by Crippen LogP contribution is -2.44. The molecule has 1 aromatic heterocycles. The van der Waals surface area contributed by atoms with Gasteiger partial charge in [-0.05, 0) is 29.8 Å². The first-order chi connectivity index (χ1) is 15.7. The molecule has 0 atom stereocenters. The van der Waals surface area contributed by atoms with Gasteiger partial charge in [0.25, 0.3) is 0 Å². The number of aliphatic imine (C=N–C) groups is 1. The number of methoxy groups -OCH3 is 3. The Morgan fingerprint density at radius 3 is 2.33 bits per heavy atom. The van der Waals surface area contributed by atoms with E-state index in [0.717, 1.165) is 63.1 Å². The molecule has 0 bridgehead atoms. The van der Waals surface area contributed by atoms with E-state index in [9.17, 15) is 0 Å². The lowest BCUT2D eigenvalue weighted by atomic mass is 10.2. The number of hydrogen-bond acceptors (Lipinski definition) is 7. The van der Waals surface area contributed by atoms with Crippen LogP contribution < -0.4 is 24.8 Å². The lowest BCUT2D eigenvalue weighted by molar-refractivity contribution is 0.0389. The Morgan fingerprint density at radius 1 is 1.03 bits per heavy atom. The number of morpholine rings is 1. The molecule has 1 aliphatic rings. The van der Waals surface area contributed by atoms with Gasteiger partial charge in [-0.1, -0.05) is 0 Å². The van der Waals surface area contributed by atoms with Crippen LogP contribution in [-0.4, -0.2) is 78.1 Å². The van der Waals surface area contributed by atoms with E-state index in [2.05, 4.69) is 15.5 Å². The predicted octanol–water partition coefficient (Wildman–Crippen LogP) is 2.53. The number of benzene rings is 1. The van der Waals surface area contributed by atoms with Gasteiger partial charge in [0.05, 0.1) is 47.4 Å². The first-order valence-corrected chi connectivity index (χ1v) is 10.9. The molecule has 3 rings (SSSR count). The fourth-order valence-corrected chi connectivity index (χ4v) is 3.49. The molecule has 184 valence electrons. The fraction of sp³-hybridized carbons (Fsp3) is 0.522. The van der Waals surface area contributed by atoms with Gasteiger partial charge in [0, 0.05) is 39.1 Å². The van der Waals surface area contributed by atoms with Crippen molar-refractivity contribution in [2.24, 2.45) is 4.99 Å². The molecule has 10 heteroatoms. The van der Waals surface area contributed by atoms with E-state index in [1.54, 1.807) is 27.6 Å². The molecule has 0 aliphatic carbocycles. The topological polar surface area (TPSA) is 89.7 Å². The lowest BCUT2D eigenvalue weighted by Gasteiger charge is -2.26. The van der Waals surface area contributed by atoms with Crippen molar-refractivity contribution in [3.63, 3.8) is 0 Å². The summed E-state index contributed by atoms with van der Waals surface area (Å²) < 4.78 is 27.2. The third-order valence-electron chi connectivity index (χ3n) is 5.21. The van der Waals surface area contributed by atoms with Gasteiger partial charge in [0.15, 0.2) is 17.5 Å². The van der Waals surface area contributed by atoms with Crippen LogP contribution in [0.3, 0.4) is 0 Å². The van der Waals surface area contributed by atoms with Crippen LogP contribution in [0.1, 0.15) is 11.3 Å². The largest absolute Gasteiger partial charge is 0.493 e. The highest BCUT2D eigenvalue weighted by molar-refractivity contribution is 14.0. The number of furan rings is 1. The van der Waals surface area contributed by atoms with Crippen LogP contribution in [0.4, 0.5) is 0 Å². The first kappa shape index (κ1) is 27.1. The van der Waals surface area contributed by atoms with Gasteiger partial charge >= 0.3 is 0 Å². The number of rotatable bonds is 11. The molecule has 0 radical (unpaired) electrons. The number of ether oxygens (including phenoxy) is 4. The van der Waals surface area contributed by atoms with Crippen LogP contribution in [0.5, 0.6) is 17.2 Å². The summed E-state index contributed by atoms with van der Waals surface area (Å²) in [5.74, 6) is 3.49. The molecule has 0 saturated carbocycles. The molecule has 0 spiro atoms. The van der Waals surface area contributed by atoms with Gasteiger partial charge in [0.1, 0.15) is 5.76 Å². The van der Waals surface area contributed by atoms with Crippen LogP contribution in [0.25, 0.3) is 0 Å². The molecule has 9 nitrogen and oxygen atoms in total. The SMILES string of the molecule is COc1cc(CN=C(NCCc2ccco2)NCCN2CCOCC2)cc(OC)c1OC.I. The monoisotopic (exact) mass is 574 g/mol. The van der Waals surface area contributed by atoms with Crippen LogP contribution in [0.15, 0.2) is 39.9 Å². The highest BCUT2D eigenvalue weighted by Gasteiger charge is 2.13. The highest BCUT2D eigenvalue weighted by Crippen LogP contribution is 2.38. The van der Waals surface area contributed by atoms with Gasteiger partial charge in [-0.25, -0.2) is 4.99 Å². The minimum Gasteiger partial charge on any atom is -0.493 e. The van der Waals surface area contributed by atoms with Crippen molar-refractivity contribution in [1.29, 1.82) is 0 Å². The van der Waals surface area contributed by atoms with Gasteiger partial charge < -0.3 is 34.0 Å². The van der Waals surface area contributed by atoms with Crippen LogP contribution in [0, 0.1) is 0 Å². The van der Waals surface area contributed by atoms with Gasteiger partial charge in [-0.2, -0.15) is 0 Å². The second kappa shape index (κ2) is 14.9. The summed E-state index contributed by atoms with van der Waals surface area (Å²) in [7, 11) is 4.82. The van der Waals surface area contributed by atoms with Crippen molar-refractivity contribution in [1.82, 2.24) is 15.5 Å². The van der Waals surface area contributed by atoms with Crippen molar-refractivity contribution < 1.29 is 23.4 Å². The van der Waals surface area contributed by atoms with Gasteiger partial charge in [0.2, 0.25) is 5.75 Å². The van der Waals surface area contributed by atoms with E-state index in [1.165, 1.54) is 0 Å². The van der Waals surface area contributed by atoms with Crippen LogP contribution in [0.2, 0.25) is 0 Å². The molecular formula is C23H35IN4O5. The molecule has 1 saturated heterocycles. The Labute approximate surface area is 212 Å². The summed E-state index contributed by atoms with van der Waals surface area (Å²) in [5.41, 5.74) is 0.958. The quantitative estimate of drug-likeness (QED) is 0.241. The molecule has 2 heterocycles. The van der Waals surface area contributed by atoms with E-state index in [1.807, 2.05) is 24.3 Å². The minimum absolute atomic E-state index is 0. The Balaban J connectivity index is 0.00000385. The highest BCUT2D eigenvalue weighted by atomic mass is 127. The standard InChI is InChI=1S/C23H34N4O5.HI/c1-28-20-15-18(16-21(29-2)22(20)30-3)17-26-23(24-7-6-19-5-4-12-32-19)25-8-9-27-10-13-31-14-11-27;/h4-5,12,15-16H,6-11,13-14,17H2,1-3H3,(H2,24,25,26);1H. The summed E-state index contributed by atoms with van der Waals surface area (Å²) in [6.45, 7) is 6.43. The molecule has 0 unspecified atom stereocenters. The average molecular weight is 574 g/mol. The summed E-state index contributed by atoms with van der Waals surface area (Å²) in [6.07, 6.45) is 2.47. The summed E-state index contributed by atoms with van der Waals surface area (Å²) in [5, 5.41) is 6.83. The van der Waals surface area contributed by atoms with Crippen LogP contribution in [-0.2, 0) is 17.7 Å². The van der Waals surface area contributed by atoms with Crippen molar-refractivity contribution in [2.75, 3.05) is 67.3 Å². The summed E-state index contributed by atoms with van der Waals surface area (Å²) in [6, 6.07) is 7.70. The van der Waals surface area contributed by atoms with Crippen molar-refractivity contribution >= 4 is 29.9 Å². The summed E-state index contributed by atoms with van der Waals surface area (Å²) in [4.78, 5) is 7.16. The maximum atomic E-state index is 5.45. The molecule has 2 aromatic rings. The fourth-order valence-electron chi connectivity index (χ4n) is 3.49. The van der Waals surface area contributed by atoms with Crippen molar-refractivity contribution in [2.45, 2.75) is 13.0 Å². The van der Waals surface area contributed by atoms with Crippen LogP contribution >= 0.6 is 24.0 Å². The Kier molecular flexibility index (Phi) is 12.2. The molecule has 0 amide bonds. The van der Waals surface area contributed by atoms with E-state index in [-0.39, 0.29) is 24.0 Å². The Morgan fingerprint density at radius 2 is 1.73 bits per heavy atom. The first-order valence-electron chi connectivity index (χ1n) is 10.9. The van der Waals surface area contributed by atoms with E-state index >= 15 is 0 Å². The normalized spacial score (nSPS) is 14.3. The van der Waals surface area contributed by atoms with Crippen molar-refractivity contribution in [3.05, 3.63) is 41.9 Å². The van der Waals surface area contributed by atoms with E-state index in [0.29, 0.717) is 30.3 Å². The molecule has 2 N–H and O–H groups in total. The van der Waals surface area contributed by atoms with Gasteiger partial charge in [-0.3, -0.25) is 4.90 Å². The maximum Gasteiger partial charge on any atom is 0.203 e. The average Bonchev–Trinajstić information content (AvgIpc) is 3.35.